The van der Waals surface area contributed by atoms with Crippen molar-refractivity contribution in [3.05, 3.63) is 65.0 Å². The first-order valence-corrected chi connectivity index (χ1v) is 6.70. The van der Waals surface area contributed by atoms with Crippen LogP contribution in [0.2, 0.25) is 0 Å². The highest BCUT2D eigenvalue weighted by Gasteiger charge is 2.15. The van der Waals surface area contributed by atoms with Crippen LogP contribution in [0, 0.1) is 0 Å². The lowest BCUT2D eigenvalue weighted by molar-refractivity contribution is 0.0526. The molecule has 0 bridgehead atoms. The molecule has 0 spiro atoms. The first-order chi connectivity index (χ1) is 9.78. The zero-order valence-electron chi connectivity index (χ0n) is 11.3. The second-order valence-electron chi connectivity index (χ2n) is 4.69. The number of pyridine rings is 1. The molecule has 0 atom stereocenters. The Hall–Kier alpha value is -2.42. The van der Waals surface area contributed by atoms with Crippen LogP contribution in [0.1, 0.15) is 34.1 Å². The molecule has 3 heteroatoms. The number of aromatic nitrogens is 1. The molecule has 1 aliphatic carbocycles. The molecule has 1 aromatic heterocycles. The standard InChI is InChI=1S/C17H15NO2/c1-2-20-17(19)13-7-5-12(6-8-13)15-10-14-4-3-9-18-16(14)11-15/h3-9,11H,2,10H2,1H3. The number of esters is 1. The van der Waals surface area contributed by atoms with Crippen molar-refractivity contribution >= 4 is 17.6 Å². The Morgan fingerprint density at radius 1 is 1.25 bits per heavy atom. The number of benzene rings is 1. The van der Waals surface area contributed by atoms with Crippen LogP contribution in [0.5, 0.6) is 0 Å². The van der Waals surface area contributed by atoms with Gasteiger partial charge in [-0.25, -0.2) is 4.79 Å². The molecule has 0 unspecified atom stereocenters. The summed E-state index contributed by atoms with van der Waals surface area (Å²) in [5.74, 6) is -0.274. The number of nitrogens with zero attached hydrogens (tertiary/aromatic N) is 1. The van der Waals surface area contributed by atoms with Gasteiger partial charge in [0.25, 0.3) is 0 Å². The van der Waals surface area contributed by atoms with Gasteiger partial charge >= 0.3 is 5.97 Å². The SMILES string of the molecule is CCOC(=O)c1ccc(C2=Cc3ncccc3C2)cc1. The molecule has 3 nitrogen and oxygen atoms in total. The Bertz CT molecular complexity index is 672. The number of allylic oxidation sites excluding steroid dienone is 1. The highest BCUT2D eigenvalue weighted by molar-refractivity contribution is 5.91. The second-order valence-corrected chi connectivity index (χ2v) is 4.69. The van der Waals surface area contributed by atoms with Crippen molar-refractivity contribution in [2.24, 2.45) is 0 Å². The van der Waals surface area contributed by atoms with E-state index in [1.807, 2.05) is 36.5 Å². The summed E-state index contributed by atoms with van der Waals surface area (Å²) < 4.78 is 4.98. The summed E-state index contributed by atoms with van der Waals surface area (Å²) in [4.78, 5) is 16.0. The normalized spacial score (nSPS) is 12.8. The third-order valence-electron chi connectivity index (χ3n) is 3.38. The minimum absolute atomic E-state index is 0.274. The van der Waals surface area contributed by atoms with Gasteiger partial charge in [-0.3, -0.25) is 4.98 Å². The number of carbonyl (C=O) groups is 1. The van der Waals surface area contributed by atoms with Crippen molar-refractivity contribution in [1.29, 1.82) is 0 Å². The summed E-state index contributed by atoms with van der Waals surface area (Å²) >= 11 is 0. The molecule has 0 radical (unpaired) electrons. The third-order valence-corrected chi connectivity index (χ3v) is 3.38. The van der Waals surface area contributed by atoms with E-state index in [0.29, 0.717) is 12.2 Å². The van der Waals surface area contributed by atoms with E-state index in [0.717, 1.165) is 17.7 Å². The number of hydrogen-bond acceptors (Lipinski definition) is 3. The largest absolute Gasteiger partial charge is 0.462 e. The zero-order chi connectivity index (χ0) is 13.9. The molecule has 100 valence electrons. The van der Waals surface area contributed by atoms with Crippen molar-refractivity contribution in [3.8, 4) is 0 Å². The van der Waals surface area contributed by atoms with Crippen molar-refractivity contribution in [2.75, 3.05) is 6.61 Å². The minimum atomic E-state index is -0.274. The molecular formula is C17H15NO2. The fraction of sp³-hybridized carbons (Fsp3) is 0.176. The predicted molar refractivity (Wildman–Crippen MR) is 78.2 cm³/mol. The van der Waals surface area contributed by atoms with E-state index in [1.54, 1.807) is 6.92 Å². The highest BCUT2D eigenvalue weighted by atomic mass is 16.5. The Kier molecular flexibility index (Phi) is 3.33. The Balaban J connectivity index is 1.82. The van der Waals surface area contributed by atoms with Crippen LogP contribution >= 0.6 is 0 Å². The van der Waals surface area contributed by atoms with Crippen molar-refractivity contribution in [3.63, 3.8) is 0 Å². The number of hydrogen-bond donors (Lipinski definition) is 0. The quantitative estimate of drug-likeness (QED) is 0.799. The molecule has 20 heavy (non-hydrogen) atoms. The molecule has 0 amide bonds. The lowest BCUT2D eigenvalue weighted by Gasteiger charge is -2.05. The monoisotopic (exact) mass is 265 g/mol. The van der Waals surface area contributed by atoms with Crippen LogP contribution in [-0.4, -0.2) is 17.6 Å². The molecule has 2 aromatic rings. The zero-order valence-corrected chi connectivity index (χ0v) is 11.3. The lowest BCUT2D eigenvalue weighted by atomic mass is 10.0. The van der Waals surface area contributed by atoms with Gasteiger partial charge in [0.05, 0.1) is 17.9 Å². The fourth-order valence-corrected chi connectivity index (χ4v) is 2.37. The van der Waals surface area contributed by atoms with Gasteiger partial charge in [0.2, 0.25) is 0 Å². The topological polar surface area (TPSA) is 39.2 Å². The Morgan fingerprint density at radius 3 is 2.75 bits per heavy atom. The van der Waals surface area contributed by atoms with E-state index in [1.165, 1.54) is 11.1 Å². The fourth-order valence-electron chi connectivity index (χ4n) is 2.37. The van der Waals surface area contributed by atoms with Crippen LogP contribution in [-0.2, 0) is 11.2 Å². The maximum absolute atomic E-state index is 11.6. The molecular weight excluding hydrogens is 250 g/mol. The van der Waals surface area contributed by atoms with Crippen molar-refractivity contribution in [1.82, 2.24) is 4.98 Å². The summed E-state index contributed by atoms with van der Waals surface area (Å²) in [6.07, 6.45) is 4.80. The van der Waals surface area contributed by atoms with E-state index >= 15 is 0 Å². The number of fused-ring (bicyclic) bond motifs is 1. The predicted octanol–water partition coefficient (Wildman–Crippen LogP) is 3.36. The molecule has 0 saturated heterocycles. The molecule has 1 aliphatic rings. The molecule has 0 saturated carbocycles. The van der Waals surface area contributed by atoms with Gasteiger partial charge in [-0.15, -0.1) is 0 Å². The Labute approximate surface area is 117 Å². The van der Waals surface area contributed by atoms with E-state index in [4.69, 9.17) is 4.74 Å². The molecule has 0 aliphatic heterocycles. The van der Waals surface area contributed by atoms with Crippen LogP contribution < -0.4 is 0 Å². The van der Waals surface area contributed by atoms with Crippen LogP contribution in [0.15, 0.2) is 42.6 Å². The van der Waals surface area contributed by atoms with Gasteiger partial charge in [-0.2, -0.15) is 0 Å². The van der Waals surface area contributed by atoms with Crippen LogP contribution in [0.4, 0.5) is 0 Å². The van der Waals surface area contributed by atoms with Crippen molar-refractivity contribution < 1.29 is 9.53 Å². The first kappa shape index (κ1) is 12.6. The third kappa shape index (κ3) is 2.35. The summed E-state index contributed by atoms with van der Waals surface area (Å²) in [6.45, 7) is 2.20. The average Bonchev–Trinajstić information content (AvgIpc) is 2.91. The minimum Gasteiger partial charge on any atom is -0.462 e. The Morgan fingerprint density at radius 2 is 2.05 bits per heavy atom. The van der Waals surface area contributed by atoms with Gasteiger partial charge in [0, 0.05) is 12.6 Å². The van der Waals surface area contributed by atoms with Crippen molar-refractivity contribution in [2.45, 2.75) is 13.3 Å². The van der Waals surface area contributed by atoms with E-state index in [-0.39, 0.29) is 5.97 Å². The molecule has 0 fully saturated rings. The molecule has 1 heterocycles. The van der Waals surface area contributed by atoms with Gasteiger partial charge in [0.15, 0.2) is 0 Å². The van der Waals surface area contributed by atoms with E-state index < -0.39 is 0 Å². The average molecular weight is 265 g/mol. The van der Waals surface area contributed by atoms with Crippen LogP contribution in [0.3, 0.4) is 0 Å². The number of carbonyl (C=O) groups excluding carboxylic acids is 1. The first-order valence-electron chi connectivity index (χ1n) is 6.70. The summed E-state index contributed by atoms with van der Waals surface area (Å²) in [7, 11) is 0. The number of ether oxygens (including phenoxy) is 1. The summed E-state index contributed by atoms with van der Waals surface area (Å²) in [6, 6.07) is 11.6. The van der Waals surface area contributed by atoms with E-state index in [9.17, 15) is 4.79 Å². The van der Waals surface area contributed by atoms with E-state index in [2.05, 4.69) is 17.1 Å². The molecule has 0 N–H and O–H groups in total. The van der Waals surface area contributed by atoms with Gasteiger partial charge in [-0.1, -0.05) is 18.2 Å². The second kappa shape index (κ2) is 5.29. The lowest BCUT2D eigenvalue weighted by Crippen LogP contribution is -2.04. The smallest absolute Gasteiger partial charge is 0.338 e. The molecule has 3 rings (SSSR count). The molecule has 1 aromatic carbocycles. The summed E-state index contributed by atoms with van der Waals surface area (Å²) in [5.41, 5.74) is 5.23. The maximum atomic E-state index is 11.6. The van der Waals surface area contributed by atoms with Gasteiger partial charge in [0.1, 0.15) is 0 Å². The maximum Gasteiger partial charge on any atom is 0.338 e. The highest BCUT2D eigenvalue weighted by Crippen LogP contribution is 2.30. The van der Waals surface area contributed by atoms with Crippen LogP contribution in [0.25, 0.3) is 11.6 Å². The van der Waals surface area contributed by atoms with Gasteiger partial charge in [-0.05, 0) is 47.9 Å². The van der Waals surface area contributed by atoms with Gasteiger partial charge < -0.3 is 4.74 Å². The number of rotatable bonds is 3. The summed E-state index contributed by atoms with van der Waals surface area (Å²) in [5, 5.41) is 0.